The lowest BCUT2D eigenvalue weighted by molar-refractivity contribution is 0.105. The lowest BCUT2D eigenvalue weighted by Crippen LogP contribution is -2.56. The third kappa shape index (κ3) is 7.05. The zero-order valence-electron chi connectivity index (χ0n) is 23.3. The Balaban J connectivity index is 0.000000810. The minimum atomic E-state index is -4.67. The van der Waals surface area contributed by atoms with E-state index in [0.717, 1.165) is 12.1 Å². The van der Waals surface area contributed by atoms with Crippen LogP contribution >= 0.6 is 0 Å². The molecular formula is C24H36N6O8S2. The molecule has 16 heteroatoms. The normalized spacial score (nSPS) is 18.9. The van der Waals surface area contributed by atoms with Crippen LogP contribution in [0.5, 0.6) is 5.75 Å². The molecule has 3 heterocycles. The first-order valence-corrected chi connectivity index (χ1v) is 15.6. The van der Waals surface area contributed by atoms with Crippen LogP contribution in [0.2, 0.25) is 0 Å². The number of hydrogen-bond acceptors (Lipinski definition) is 9. The molecule has 1 aliphatic rings. The van der Waals surface area contributed by atoms with Crippen molar-refractivity contribution in [2.75, 3.05) is 26.7 Å². The fraction of sp³-hybridized carbons (Fsp3) is 0.542. The number of rotatable bonds is 7. The highest BCUT2D eigenvalue weighted by Crippen LogP contribution is 2.33. The second kappa shape index (κ2) is 12.3. The summed E-state index contributed by atoms with van der Waals surface area (Å²) in [5.74, 6) is 0.712. The third-order valence-electron chi connectivity index (χ3n) is 6.72. The van der Waals surface area contributed by atoms with E-state index in [0.29, 0.717) is 48.5 Å². The highest BCUT2D eigenvalue weighted by atomic mass is 32.3. The van der Waals surface area contributed by atoms with Gasteiger partial charge in [0.15, 0.2) is 5.52 Å². The van der Waals surface area contributed by atoms with Crippen molar-refractivity contribution in [1.29, 1.82) is 0 Å². The van der Waals surface area contributed by atoms with Gasteiger partial charge in [-0.15, -0.1) is 0 Å². The Labute approximate surface area is 233 Å². The van der Waals surface area contributed by atoms with Crippen LogP contribution in [0, 0.1) is 0 Å². The van der Waals surface area contributed by atoms with E-state index < -0.39 is 20.4 Å². The van der Waals surface area contributed by atoms with Gasteiger partial charge in [0.1, 0.15) is 17.1 Å². The average Bonchev–Trinajstić information content (AvgIpc) is 3.17. The molecular weight excluding hydrogens is 564 g/mol. The van der Waals surface area contributed by atoms with Crippen molar-refractivity contribution in [2.45, 2.75) is 57.5 Å². The number of fused-ring (bicyclic) bond motifs is 1. The third-order valence-corrected chi connectivity index (χ3v) is 8.55. The lowest BCUT2D eigenvalue weighted by Gasteiger charge is -2.41. The summed E-state index contributed by atoms with van der Waals surface area (Å²) in [5.41, 5.74) is 1.73. The largest absolute Gasteiger partial charge is 0.493 e. The fourth-order valence-corrected chi connectivity index (χ4v) is 6.25. The van der Waals surface area contributed by atoms with Gasteiger partial charge in [0.2, 0.25) is 10.0 Å². The highest BCUT2D eigenvalue weighted by molar-refractivity contribution is 7.89. The highest BCUT2D eigenvalue weighted by Gasteiger charge is 2.35. The Kier molecular flexibility index (Phi) is 9.74. The summed E-state index contributed by atoms with van der Waals surface area (Å²) in [6.45, 7) is 9.12. The summed E-state index contributed by atoms with van der Waals surface area (Å²) in [6, 6.07) is 4.93. The molecule has 1 aliphatic heterocycles. The number of hydrogen-bond donors (Lipinski definition) is 3. The fourth-order valence-electron chi connectivity index (χ4n) is 4.62. The monoisotopic (exact) mass is 600 g/mol. The molecule has 1 fully saturated rings. The van der Waals surface area contributed by atoms with Crippen LogP contribution in [0.15, 0.2) is 27.9 Å². The number of aromatic nitrogens is 4. The van der Waals surface area contributed by atoms with Crippen LogP contribution in [-0.2, 0) is 33.9 Å². The van der Waals surface area contributed by atoms with E-state index in [9.17, 15) is 13.2 Å². The van der Waals surface area contributed by atoms with Crippen LogP contribution in [0.3, 0.4) is 0 Å². The van der Waals surface area contributed by atoms with Gasteiger partial charge in [0, 0.05) is 32.2 Å². The molecule has 2 aromatic heterocycles. The molecule has 3 N–H and O–H groups in total. The standard InChI is InChI=1S/C24H34N6O4S.H2O4S/c1-7-9-19-21-22(29(6)27-19)24(31)26-23(25-21)18-12-17(10-11-20(18)34-8-2)35(32,33)30-13-15(3)28(5)16(4)14-30;1-5(2,3)4/h10-12,15-16H,7-9,13-14H2,1-6H3,(H,25,26,31);(H2,1,2,3,4)/t15-,16+;. The van der Waals surface area contributed by atoms with Crippen molar-refractivity contribution < 1.29 is 30.7 Å². The molecule has 0 saturated carbocycles. The van der Waals surface area contributed by atoms with E-state index >= 15 is 0 Å². The number of likely N-dealkylation sites (N-methyl/N-ethyl adjacent to an activating group) is 1. The van der Waals surface area contributed by atoms with Gasteiger partial charge in [-0.25, -0.2) is 13.4 Å². The van der Waals surface area contributed by atoms with Crippen LogP contribution in [0.1, 0.15) is 39.8 Å². The van der Waals surface area contributed by atoms with Crippen molar-refractivity contribution in [3.63, 3.8) is 0 Å². The van der Waals surface area contributed by atoms with E-state index in [1.54, 1.807) is 25.2 Å². The summed E-state index contributed by atoms with van der Waals surface area (Å²) in [6.07, 6.45) is 1.54. The number of sulfonamides is 1. The molecule has 3 aromatic rings. The molecule has 14 nitrogen and oxygen atoms in total. The molecule has 0 aliphatic carbocycles. The second-order valence-corrected chi connectivity index (χ2v) is 12.5. The number of ether oxygens (including phenoxy) is 1. The van der Waals surface area contributed by atoms with Gasteiger partial charge in [-0.05, 0) is 52.4 Å². The number of nitrogens with zero attached hydrogens (tertiary/aromatic N) is 5. The second-order valence-electron chi connectivity index (χ2n) is 9.66. The first-order valence-electron chi connectivity index (χ1n) is 12.7. The zero-order valence-corrected chi connectivity index (χ0v) is 25.0. The van der Waals surface area contributed by atoms with E-state index in [2.05, 4.69) is 15.0 Å². The molecule has 0 spiro atoms. The summed E-state index contributed by atoms with van der Waals surface area (Å²) in [7, 11) is -4.70. The van der Waals surface area contributed by atoms with Crippen LogP contribution in [0.4, 0.5) is 0 Å². The average molecular weight is 601 g/mol. The number of aryl methyl sites for hydroxylation is 2. The number of piperazine rings is 1. The number of nitrogens with one attached hydrogen (secondary N) is 1. The quantitative estimate of drug-likeness (QED) is 0.335. The molecule has 222 valence electrons. The van der Waals surface area contributed by atoms with Crippen LogP contribution < -0.4 is 10.3 Å². The predicted molar refractivity (Wildman–Crippen MR) is 149 cm³/mol. The first kappa shape index (κ1) is 31.6. The molecule has 4 rings (SSSR count). The van der Waals surface area contributed by atoms with Crippen molar-refractivity contribution >= 4 is 31.5 Å². The first-order chi connectivity index (χ1) is 18.6. The summed E-state index contributed by atoms with van der Waals surface area (Å²) in [5, 5.41) is 4.47. The Bertz CT molecular complexity index is 1610. The van der Waals surface area contributed by atoms with Gasteiger partial charge in [-0.3, -0.25) is 23.5 Å². The topological polar surface area (TPSA) is 188 Å². The van der Waals surface area contributed by atoms with Gasteiger partial charge < -0.3 is 9.72 Å². The van der Waals surface area contributed by atoms with Gasteiger partial charge in [-0.1, -0.05) is 13.3 Å². The van der Waals surface area contributed by atoms with Crippen LogP contribution in [-0.4, -0.2) is 93.7 Å². The van der Waals surface area contributed by atoms with E-state index in [4.69, 9.17) is 27.2 Å². The minimum absolute atomic E-state index is 0.0960. The van der Waals surface area contributed by atoms with Gasteiger partial charge in [0.05, 0.1) is 22.8 Å². The molecule has 0 amide bonds. The summed E-state index contributed by atoms with van der Waals surface area (Å²) >= 11 is 0. The Hall–Kier alpha value is -2.89. The number of H-pyrrole nitrogens is 1. The summed E-state index contributed by atoms with van der Waals surface area (Å²) in [4.78, 5) is 22.8. The SMILES string of the molecule is CCCc1nn(C)c2c(=O)[nH]c(-c3cc(S(=O)(=O)N4C[C@@H](C)N(C)[C@@H](C)C4)ccc3OCC)nc12.O=S(=O)(O)O. The Morgan fingerprint density at radius 3 is 2.23 bits per heavy atom. The van der Waals surface area contributed by atoms with Crippen molar-refractivity contribution in [3.05, 3.63) is 34.2 Å². The molecule has 40 heavy (non-hydrogen) atoms. The smallest absolute Gasteiger partial charge is 0.394 e. The van der Waals surface area contributed by atoms with Crippen molar-refractivity contribution in [2.24, 2.45) is 7.05 Å². The summed E-state index contributed by atoms with van der Waals surface area (Å²) < 4.78 is 67.7. The Morgan fingerprint density at radius 1 is 1.07 bits per heavy atom. The maximum Gasteiger partial charge on any atom is 0.394 e. The number of aromatic amines is 1. The molecule has 0 radical (unpaired) electrons. The molecule has 1 aromatic carbocycles. The van der Waals surface area contributed by atoms with Gasteiger partial charge >= 0.3 is 10.4 Å². The van der Waals surface area contributed by atoms with Gasteiger partial charge in [-0.2, -0.15) is 17.8 Å². The van der Waals surface area contributed by atoms with E-state index in [1.165, 1.54) is 8.99 Å². The molecule has 0 unspecified atom stereocenters. The minimum Gasteiger partial charge on any atom is -0.493 e. The van der Waals surface area contributed by atoms with Crippen LogP contribution in [0.25, 0.3) is 22.4 Å². The van der Waals surface area contributed by atoms with E-state index in [1.807, 2.05) is 34.7 Å². The lowest BCUT2D eigenvalue weighted by atomic mass is 10.1. The maximum atomic E-state index is 13.6. The molecule has 2 atom stereocenters. The molecule has 1 saturated heterocycles. The Morgan fingerprint density at radius 2 is 1.68 bits per heavy atom. The number of benzene rings is 1. The van der Waals surface area contributed by atoms with Gasteiger partial charge in [0.25, 0.3) is 5.56 Å². The van der Waals surface area contributed by atoms with Crippen molar-refractivity contribution in [1.82, 2.24) is 29.0 Å². The predicted octanol–water partition coefficient (Wildman–Crippen LogP) is 1.74. The molecule has 0 bridgehead atoms. The van der Waals surface area contributed by atoms with E-state index in [-0.39, 0.29) is 28.4 Å². The zero-order chi connectivity index (χ0) is 30.0. The maximum absolute atomic E-state index is 13.6. The van der Waals surface area contributed by atoms with Crippen molar-refractivity contribution in [3.8, 4) is 17.1 Å².